The van der Waals surface area contributed by atoms with Crippen LogP contribution in [0, 0.1) is 0 Å². The lowest BCUT2D eigenvalue weighted by atomic mass is 9.85. The number of sulfonamides is 1. The summed E-state index contributed by atoms with van der Waals surface area (Å²) in [5.74, 6) is -0.0241. The molecule has 0 aromatic heterocycles. The first-order chi connectivity index (χ1) is 16.5. The second-order valence-electron chi connectivity index (χ2n) is 10.6. The van der Waals surface area contributed by atoms with Gasteiger partial charge in [-0.25, -0.2) is 13.1 Å². The first-order valence-corrected chi connectivity index (χ1v) is 14.0. The van der Waals surface area contributed by atoms with Crippen LogP contribution in [0.3, 0.4) is 0 Å². The molecule has 190 valence electrons. The van der Waals surface area contributed by atoms with Crippen LogP contribution in [0.5, 0.6) is 0 Å². The van der Waals surface area contributed by atoms with E-state index in [1.54, 1.807) is 12.1 Å². The van der Waals surface area contributed by atoms with E-state index in [0.717, 1.165) is 49.2 Å². The fraction of sp³-hybridized carbons (Fsp3) is 0.519. The van der Waals surface area contributed by atoms with Crippen molar-refractivity contribution in [3.05, 3.63) is 59.2 Å². The molecule has 2 heterocycles. The number of hydrogen-bond acceptors (Lipinski definition) is 5. The van der Waals surface area contributed by atoms with Gasteiger partial charge in [0.25, 0.3) is 5.91 Å². The molecule has 4 rings (SSSR count). The number of rotatable bonds is 6. The molecular weight excluding hydrogens is 460 g/mol. The molecule has 1 atom stereocenters. The number of amides is 1. The van der Waals surface area contributed by atoms with Crippen molar-refractivity contribution < 1.29 is 13.2 Å². The molecule has 0 spiro atoms. The third kappa shape index (κ3) is 5.71. The normalized spacial score (nSPS) is 20.7. The van der Waals surface area contributed by atoms with Gasteiger partial charge in [-0.3, -0.25) is 4.79 Å². The van der Waals surface area contributed by atoms with Gasteiger partial charge in [0.2, 0.25) is 10.0 Å². The van der Waals surface area contributed by atoms with E-state index in [9.17, 15) is 13.2 Å². The van der Waals surface area contributed by atoms with Gasteiger partial charge in [0.15, 0.2) is 0 Å². The molecule has 0 unspecified atom stereocenters. The van der Waals surface area contributed by atoms with Gasteiger partial charge in [-0.2, -0.15) is 0 Å². The number of carbonyl (C=O) groups is 1. The fourth-order valence-corrected chi connectivity index (χ4v) is 6.37. The van der Waals surface area contributed by atoms with Crippen LogP contribution < -0.4 is 10.0 Å². The second-order valence-corrected chi connectivity index (χ2v) is 12.4. The lowest BCUT2D eigenvalue weighted by molar-refractivity contribution is 0.0659. The smallest absolute Gasteiger partial charge is 0.253 e. The third-order valence-electron chi connectivity index (χ3n) is 7.36. The summed E-state index contributed by atoms with van der Waals surface area (Å²) in [6, 6.07) is 12.4. The number of hydrogen-bond donors (Lipinski definition) is 2. The van der Waals surface area contributed by atoms with Crippen molar-refractivity contribution in [2.75, 3.05) is 32.5 Å². The van der Waals surface area contributed by atoms with Crippen molar-refractivity contribution in [2.24, 2.45) is 0 Å². The number of anilines is 1. The molecule has 2 N–H and O–H groups in total. The molecule has 2 aromatic carbocycles. The Kier molecular flexibility index (Phi) is 7.27. The van der Waals surface area contributed by atoms with Crippen LogP contribution in [0.2, 0.25) is 0 Å². The Morgan fingerprint density at radius 1 is 1.14 bits per heavy atom. The number of aryl methyl sites for hydroxylation is 1. The van der Waals surface area contributed by atoms with Gasteiger partial charge >= 0.3 is 0 Å². The maximum atomic E-state index is 13.4. The van der Waals surface area contributed by atoms with E-state index in [0.29, 0.717) is 12.0 Å². The zero-order valence-corrected chi connectivity index (χ0v) is 22.3. The van der Waals surface area contributed by atoms with Gasteiger partial charge < -0.3 is 15.1 Å². The Morgan fingerprint density at radius 2 is 1.80 bits per heavy atom. The molecule has 0 saturated carbocycles. The third-order valence-corrected chi connectivity index (χ3v) is 8.84. The summed E-state index contributed by atoms with van der Waals surface area (Å²) in [6.07, 6.45) is 3.33. The van der Waals surface area contributed by atoms with Gasteiger partial charge in [0.1, 0.15) is 0 Å². The van der Waals surface area contributed by atoms with Crippen LogP contribution in [-0.4, -0.2) is 62.9 Å². The van der Waals surface area contributed by atoms with Crippen molar-refractivity contribution >= 4 is 21.6 Å². The molecule has 1 amide bonds. The molecule has 8 heteroatoms. The standard InChI is InChI=1S/C27H38N4O3S/c1-6-19-7-10-22(11-8-19)35(33,34)29-25-18-27(2,3)28-24-12-9-20(17-23(24)25)26(32)31(5)21-13-15-30(4)16-14-21/h7-12,17,21,25,28-29H,6,13-16,18H2,1-5H3/t25-/m0/s1. The van der Waals surface area contributed by atoms with Crippen LogP contribution in [0.4, 0.5) is 5.69 Å². The predicted octanol–water partition coefficient (Wildman–Crippen LogP) is 4.03. The summed E-state index contributed by atoms with van der Waals surface area (Å²) < 4.78 is 29.5. The van der Waals surface area contributed by atoms with E-state index in [1.807, 2.05) is 49.2 Å². The molecule has 2 aliphatic rings. The maximum absolute atomic E-state index is 13.4. The molecule has 7 nitrogen and oxygen atoms in total. The molecule has 0 radical (unpaired) electrons. The molecular formula is C27H38N4O3S. The van der Waals surface area contributed by atoms with Crippen LogP contribution in [-0.2, 0) is 16.4 Å². The fourth-order valence-electron chi connectivity index (χ4n) is 5.15. The SMILES string of the molecule is CCc1ccc(S(=O)(=O)N[C@H]2CC(C)(C)Nc3ccc(C(=O)N(C)C4CCN(C)CC4)cc32)cc1. The topological polar surface area (TPSA) is 81.8 Å². The summed E-state index contributed by atoms with van der Waals surface area (Å²) in [4.78, 5) is 17.8. The first-order valence-electron chi connectivity index (χ1n) is 12.5. The maximum Gasteiger partial charge on any atom is 0.253 e. The van der Waals surface area contributed by atoms with E-state index in [-0.39, 0.29) is 22.4 Å². The van der Waals surface area contributed by atoms with Crippen molar-refractivity contribution in [1.29, 1.82) is 0 Å². The van der Waals surface area contributed by atoms with E-state index in [1.165, 1.54) is 0 Å². The number of nitrogens with zero attached hydrogens (tertiary/aromatic N) is 2. The van der Waals surface area contributed by atoms with Gasteiger partial charge in [0.05, 0.1) is 10.9 Å². The van der Waals surface area contributed by atoms with E-state index >= 15 is 0 Å². The Bertz CT molecular complexity index is 1170. The minimum atomic E-state index is -3.73. The van der Waals surface area contributed by atoms with Gasteiger partial charge in [0, 0.05) is 29.9 Å². The van der Waals surface area contributed by atoms with Crippen LogP contribution in [0.25, 0.3) is 0 Å². The van der Waals surface area contributed by atoms with Crippen molar-refractivity contribution in [2.45, 2.75) is 69.0 Å². The average Bonchev–Trinajstić information content (AvgIpc) is 2.82. The Morgan fingerprint density at radius 3 is 2.43 bits per heavy atom. The monoisotopic (exact) mass is 498 g/mol. The second kappa shape index (κ2) is 9.91. The summed E-state index contributed by atoms with van der Waals surface area (Å²) in [6.45, 7) is 8.11. The molecule has 2 aromatic rings. The highest BCUT2D eigenvalue weighted by Crippen LogP contribution is 2.39. The van der Waals surface area contributed by atoms with Crippen LogP contribution in [0.1, 0.15) is 67.6 Å². The highest BCUT2D eigenvalue weighted by molar-refractivity contribution is 7.89. The van der Waals surface area contributed by atoms with Crippen LogP contribution in [0.15, 0.2) is 47.4 Å². The number of piperidine rings is 1. The van der Waals surface area contributed by atoms with Crippen molar-refractivity contribution in [1.82, 2.24) is 14.5 Å². The molecule has 1 fully saturated rings. The number of fused-ring (bicyclic) bond motifs is 1. The first kappa shape index (κ1) is 25.7. The van der Waals surface area contributed by atoms with Gasteiger partial charge in [-0.15, -0.1) is 0 Å². The van der Waals surface area contributed by atoms with E-state index in [2.05, 4.69) is 35.8 Å². The average molecular weight is 499 g/mol. The zero-order chi connectivity index (χ0) is 25.4. The van der Waals surface area contributed by atoms with Gasteiger partial charge in [-0.1, -0.05) is 19.1 Å². The molecule has 1 saturated heterocycles. The lowest BCUT2D eigenvalue weighted by Crippen LogP contribution is -2.45. The minimum absolute atomic E-state index is 0.0241. The van der Waals surface area contributed by atoms with Gasteiger partial charge in [-0.05, 0) is 101 Å². The van der Waals surface area contributed by atoms with Crippen LogP contribution >= 0.6 is 0 Å². The van der Waals surface area contributed by atoms with E-state index < -0.39 is 16.1 Å². The largest absolute Gasteiger partial charge is 0.380 e. The summed E-state index contributed by atoms with van der Waals surface area (Å²) in [5.41, 5.74) is 3.04. The zero-order valence-electron chi connectivity index (χ0n) is 21.5. The number of nitrogens with one attached hydrogen (secondary N) is 2. The summed E-state index contributed by atoms with van der Waals surface area (Å²) in [5, 5.41) is 3.51. The Labute approximate surface area is 209 Å². The lowest BCUT2D eigenvalue weighted by Gasteiger charge is -2.39. The molecule has 0 bridgehead atoms. The quantitative estimate of drug-likeness (QED) is 0.629. The Balaban J connectivity index is 1.61. The summed E-state index contributed by atoms with van der Waals surface area (Å²) >= 11 is 0. The van der Waals surface area contributed by atoms with E-state index in [4.69, 9.17) is 0 Å². The number of likely N-dealkylation sites (tertiary alicyclic amines) is 1. The Hall–Kier alpha value is -2.42. The molecule has 35 heavy (non-hydrogen) atoms. The number of benzene rings is 2. The van der Waals surface area contributed by atoms with Crippen molar-refractivity contribution in [3.8, 4) is 0 Å². The molecule has 0 aliphatic carbocycles. The highest BCUT2D eigenvalue weighted by atomic mass is 32.2. The van der Waals surface area contributed by atoms with Crippen molar-refractivity contribution in [3.63, 3.8) is 0 Å². The highest BCUT2D eigenvalue weighted by Gasteiger charge is 2.35. The summed E-state index contributed by atoms with van der Waals surface area (Å²) in [7, 11) is 0.253. The predicted molar refractivity (Wildman–Crippen MR) is 140 cm³/mol. The molecule has 2 aliphatic heterocycles. The number of carbonyl (C=O) groups excluding carboxylic acids is 1. The minimum Gasteiger partial charge on any atom is -0.380 e.